The number of anilines is 1. The van der Waals surface area contributed by atoms with Gasteiger partial charge < -0.3 is 10.1 Å². The van der Waals surface area contributed by atoms with Crippen LogP contribution in [0.1, 0.15) is 22.8 Å². The molecule has 2 rings (SSSR count). The van der Waals surface area contributed by atoms with Crippen molar-refractivity contribution in [2.75, 3.05) is 11.9 Å². The third kappa shape index (κ3) is 3.82. The number of halogens is 2. The second-order valence-corrected chi connectivity index (χ2v) is 5.43. The molecule has 0 aromatic heterocycles. The van der Waals surface area contributed by atoms with E-state index in [0.29, 0.717) is 22.5 Å². The predicted octanol–water partition coefficient (Wildman–Crippen LogP) is 4.55. The summed E-state index contributed by atoms with van der Waals surface area (Å²) in [6, 6.07) is 9.75. The van der Waals surface area contributed by atoms with Gasteiger partial charge in [-0.3, -0.25) is 4.79 Å². The van der Waals surface area contributed by atoms with Crippen molar-refractivity contribution in [3.05, 3.63) is 57.8 Å². The second-order valence-electron chi connectivity index (χ2n) is 4.51. The van der Waals surface area contributed by atoms with Crippen molar-refractivity contribution in [3.8, 4) is 5.75 Å². The first-order chi connectivity index (χ1) is 10.0. The van der Waals surface area contributed by atoms with Gasteiger partial charge in [-0.05, 0) is 49.7 Å². The van der Waals surface area contributed by atoms with E-state index in [2.05, 4.69) is 21.2 Å². The molecule has 2 aromatic rings. The molecule has 0 aliphatic rings. The topological polar surface area (TPSA) is 38.3 Å². The van der Waals surface area contributed by atoms with Gasteiger partial charge in [0.15, 0.2) is 0 Å². The minimum atomic E-state index is -0.577. The number of amides is 1. The van der Waals surface area contributed by atoms with E-state index in [1.54, 1.807) is 12.1 Å². The molecule has 0 saturated heterocycles. The first-order valence-electron chi connectivity index (χ1n) is 6.51. The van der Waals surface area contributed by atoms with Gasteiger partial charge in [0.2, 0.25) is 0 Å². The molecule has 0 bridgehead atoms. The van der Waals surface area contributed by atoms with Crippen LogP contribution in [0, 0.1) is 12.7 Å². The molecule has 0 saturated carbocycles. The van der Waals surface area contributed by atoms with Gasteiger partial charge in [-0.15, -0.1) is 0 Å². The summed E-state index contributed by atoms with van der Waals surface area (Å²) in [4.78, 5) is 12.2. The summed E-state index contributed by atoms with van der Waals surface area (Å²) in [7, 11) is 0. The Balaban J connectivity index is 2.27. The molecule has 5 heteroatoms. The monoisotopic (exact) mass is 351 g/mol. The number of nitrogens with one attached hydrogen (secondary N) is 1. The maximum atomic E-state index is 13.8. The van der Waals surface area contributed by atoms with Crippen LogP contribution in [0.5, 0.6) is 5.75 Å². The van der Waals surface area contributed by atoms with Crippen molar-refractivity contribution in [2.24, 2.45) is 0 Å². The van der Waals surface area contributed by atoms with E-state index in [4.69, 9.17) is 4.74 Å². The van der Waals surface area contributed by atoms with Crippen molar-refractivity contribution in [1.29, 1.82) is 0 Å². The highest BCUT2D eigenvalue weighted by atomic mass is 79.9. The molecular weight excluding hydrogens is 337 g/mol. The molecule has 0 heterocycles. The Morgan fingerprint density at radius 2 is 2.05 bits per heavy atom. The Hall–Kier alpha value is -1.88. The summed E-state index contributed by atoms with van der Waals surface area (Å²) in [5.74, 6) is -0.514. The fraction of sp³-hybridized carbons (Fsp3) is 0.188. The Labute approximate surface area is 131 Å². The van der Waals surface area contributed by atoms with E-state index < -0.39 is 11.7 Å². The van der Waals surface area contributed by atoms with Gasteiger partial charge in [-0.2, -0.15) is 0 Å². The molecule has 0 spiro atoms. The number of aryl methyl sites for hydroxylation is 1. The maximum absolute atomic E-state index is 13.8. The Morgan fingerprint density at radius 3 is 2.71 bits per heavy atom. The van der Waals surface area contributed by atoms with Gasteiger partial charge in [0.25, 0.3) is 5.91 Å². The Morgan fingerprint density at radius 1 is 1.29 bits per heavy atom. The molecule has 3 nitrogen and oxygen atoms in total. The van der Waals surface area contributed by atoms with Crippen LogP contribution in [0.25, 0.3) is 0 Å². The molecule has 0 unspecified atom stereocenters. The molecule has 21 heavy (non-hydrogen) atoms. The van der Waals surface area contributed by atoms with Crippen molar-refractivity contribution < 1.29 is 13.9 Å². The van der Waals surface area contributed by atoms with E-state index in [1.165, 1.54) is 12.1 Å². The summed E-state index contributed by atoms with van der Waals surface area (Å²) in [6.45, 7) is 4.28. The largest absolute Gasteiger partial charge is 0.492 e. The zero-order valence-corrected chi connectivity index (χ0v) is 13.3. The lowest BCUT2D eigenvalue weighted by molar-refractivity contribution is 0.102. The van der Waals surface area contributed by atoms with Gasteiger partial charge >= 0.3 is 0 Å². The van der Waals surface area contributed by atoms with Crippen LogP contribution in [-0.2, 0) is 0 Å². The number of carbonyl (C=O) groups is 1. The molecule has 0 radical (unpaired) electrons. The van der Waals surface area contributed by atoms with E-state index in [1.807, 2.05) is 26.0 Å². The average Bonchev–Trinajstić information content (AvgIpc) is 2.42. The van der Waals surface area contributed by atoms with Gasteiger partial charge in [0.05, 0.1) is 17.9 Å². The van der Waals surface area contributed by atoms with Gasteiger partial charge in [-0.1, -0.05) is 22.0 Å². The fourth-order valence-corrected chi connectivity index (χ4v) is 2.20. The summed E-state index contributed by atoms with van der Waals surface area (Å²) in [6.07, 6.45) is 0. The van der Waals surface area contributed by atoms with E-state index in [0.717, 1.165) is 5.56 Å². The smallest absolute Gasteiger partial charge is 0.258 e. The highest BCUT2D eigenvalue weighted by Crippen LogP contribution is 2.26. The van der Waals surface area contributed by atoms with Crippen LogP contribution in [0.2, 0.25) is 0 Å². The average molecular weight is 352 g/mol. The van der Waals surface area contributed by atoms with Crippen molar-refractivity contribution in [3.63, 3.8) is 0 Å². The molecule has 110 valence electrons. The highest BCUT2D eigenvalue weighted by Gasteiger charge is 2.14. The van der Waals surface area contributed by atoms with E-state index >= 15 is 0 Å². The molecule has 0 aliphatic carbocycles. The zero-order valence-electron chi connectivity index (χ0n) is 11.7. The fourth-order valence-electron chi connectivity index (χ4n) is 1.87. The Kier molecular flexibility index (Phi) is 4.96. The third-order valence-electron chi connectivity index (χ3n) is 2.86. The second kappa shape index (κ2) is 6.72. The van der Waals surface area contributed by atoms with E-state index in [9.17, 15) is 9.18 Å². The predicted molar refractivity (Wildman–Crippen MR) is 84.4 cm³/mol. The number of hydrogen-bond donors (Lipinski definition) is 1. The number of carbonyl (C=O) groups excluding carboxylic acids is 1. The zero-order chi connectivity index (χ0) is 15.4. The summed E-state index contributed by atoms with van der Waals surface area (Å²) in [5.41, 5.74) is 1.53. The van der Waals surface area contributed by atoms with E-state index in [-0.39, 0.29) is 5.56 Å². The van der Waals surface area contributed by atoms with Crippen LogP contribution in [0.4, 0.5) is 10.1 Å². The van der Waals surface area contributed by atoms with Crippen molar-refractivity contribution in [2.45, 2.75) is 13.8 Å². The van der Waals surface area contributed by atoms with Gasteiger partial charge in [0.1, 0.15) is 11.6 Å². The number of benzene rings is 2. The molecule has 0 atom stereocenters. The first kappa shape index (κ1) is 15.5. The lowest BCUT2D eigenvalue weighted by Gasteiger charge is -2.12. The summed E-state index contributed by atoms with van der Waals surface area (Å²) in [5, 5.41) is 2.68. The number of rotatable bonds is 4. The van der Waals surface area contributed by atoms with Gasteiger partial charge in [0, 0.05) is 4.47 Å². The van der Waals surface area contributed by atoms with Crippen LogP contribution < -0.4 is 10.1 Å². The Bertz CT molecular complexity index is 673. The first-order valence-corrected chi connectivity index (χ1v) is 7.30. The lowest BCUT2D eigenvalue weighted by Crippen LogP contribution is -2.14. The summed E-state index contributed by atoms with van der Waals surface area (Å²) < 4.78 is 19.9. The molecule has 1 amide bonds. The van der Waals surface area contributed by atoms with Crippen molar-refractivity contribution >= 4 is 27.5 Å². The number of ether oxygens (including phenoxy) is 1. The molecular formula is C16H15BrFNO2. The maximum Gasteiger partial charge on any atom is 0.258 e. The van der Waals surface area contributed by atoms with Crippen LogP contribution in [0.15, 0.2) is 40.9 Å². The third-order valence-corrected chi connectivity index (χ3v) is 3.35. The van der Waals surface area contributed by atoms with Crippen LogP contribution >= 0.6 is 15.9 Å². The lowest BCUT2D eigenvalue weighted by atomic mass is 10.1. The quantitative estimate of drug-likeness (QED) is 0.877. The highest BCUT2D eigenvalue weighted by molar-refractivity contribution is 9.10. The molecule has 2 aromatic carbocycles. The van der Waals surface area contributed by atoms with Crippen LogP contribution in [-0.4, -0.2) is 12.5 Å². The minimum absolute atomic E-state index is 0.0128. The standard InChI is InChI=1S/C16H15BrFNO2/c1-3-21-15-8-10(2)4-7-14(15)19-16(20)12-6-5-11(17)9-13(12)18/h4-9H,3H2,1-2H3,(H,19,20). The normalized spacial score (nSPS) is 10.3. The van der Waals surface area contributed by atoms with Crippen LogP contribution in [0.3, 0.4) is 0 Å². The minimum Gasteiger partial charge on any atom is -0.492 e. The molecule has 0 fully saturated rings. The SMILES string of the molecule is CCOc1cc(C)ccc1NC(=O)c1ccc(Br)cc1F. The summed E-state index contributed by atoms with van der Waals surface area (Å²) >= 11 is 3.16. The van der Waals surface area contributed by atoms with Gasteiger partial charge in [-0.25, -0.2) is 4.39 Å². The van der Waals surface area contributed by atoms with Crippen molar-refractivity contribution in [1.82, 2.24) is 0 Å². The molecule has 1 N–H and O–H groups in total. The molecule has 0 aliphatic heterocycles. The number of hydrogen-bond acceptors (Lipinski definition) is 2.